The molecule has 3 N–H and O–H groups in total. The van der Waals surface area contributed by atoms with Crippen LogP contribution in [-0.2, 0) is 10.0 Å². The van der Waals surface area contributed by atoms with E-state index in [1.807, 2.05) is 0 Å². The molecule has 0 aliphatic carbocycles. The Kier molecular flexibility index (Phi) is 3.52. The van der Waals surface area contributed by atoms with E-state index in [1.54, 1.807) is 0 Å². The number of nitrogens with one attached hydrogen (secondary N) is 1. The fraction of sp³-hybridized carbons (Fsp3) is 0.200. The lowest BCUT2D eigenvalue weighted by Crippen LogP contribution is -2.31. The Morgan fingerprint density at radius 1 is 1.56 bits per heavy atom. The summed E-state index contributed by atoms with van der Waals surface area (Å²) in [5.41, 5.74) is 5.05. The van der Waals surface area contributed by atoms with Gasteiger partial charge in [0.25, 0.3) is 0 Å². The molecule has 1 aromatic carbocycles. The van der Waals surface area contributed by atoms with E-state index in [0.29, 0.717) is 0 Å². The van der Waals surface area contributed by atoms with Crippen molar-refractivity contribution in [2.45, 2.75) is 17.9 Å². The maximum absolute atomic E-state index is 12.8. The van der Waals surface area contributed by atoms with Crippen molar-refractivity contribution in [3.05, 3.63) is 24.0 Å². The molecule has 0 aliphatic rings. The van der Waals surface area contributed by atoms with Crippen LogP contribution in [0, 0.1) is 18.2 Å². The van der Waals surface area contributed by atoms with Crippen LogP contribution < -0.4 is 10.5 Å². The first kappa shape index (κ1) is 12.5. The summed E-state index contributed by atoms with van der Waals surface area (Å²) in [5.74, 6) is 1.56. The highest BCUT2D eigenvalue weighted by Gasteiger charge is 2.17. The Hall–Kier alpha value is -1.58. The van der Waals surface area contributed by atoms with Gasteiger partial charge in [-0.05, 0) is 25.1 Å². The molecule has 1 atom stereocenters. The molecule has 0 amide bonds. The lowest BCUT2D eigenvalue weighted by Gasteiger charge is -2.09. The van der Waals surface area contributed by atoms with Crippen molar-refractivity contribution >= 4 is 15.7 Å². The van der Waals surface area contributed by atoms with Gasteiger partial charge in [-0.1, -0.05) is 5.92 Å². The van der Waals surface area contributed by atoms with Crippen LogP contribution >= 0.6 is 0 Å². The molecule has 0 aliphatic heterocycles. The number of nitrogen functional groups attached to an aromatic ring is 1. The number of sulfonamides is 1. The van der Waals surface area contributed by atoms with Gasteiger partial charge >= 0.3 is 0 Å². The first-order valence-electron chi connectivity index (χ1n) is 4.40. The normalized spacial score (nSPS) is 13.1. The predicted molar refractivity (Wildman–Crippen MR) is 59.4 cm³/mol. The van der Waals surface area contributed by atoms with Gasteiger partial charge < -0.3 is 5.73 Å². The molecule has 1 aromatic rings. The van der Waals surface area contributed by atoms with Crippen molar-refractivity contribution < 1.29 is 12.8 Å². The summed E-state index contributed by atoms with van der Waals surface area (Å²) in [4.78, 5) is -0.117. The van der Waals surface area contributed by atoms with E-state index in [-0.39, 0.29) is 10.6 Å². The van der Waals surface area contributed by atoms with Crippen molar-refractivity contribution in [3.63, 3.8) is 0 Å². The van der Waals surface area contributed by atoms with Gasteiger partial charge in [-0.3, -0.25) is 0 Å². The number of hydrogen-bond donors (Lipinski definition) is 2. The lowest BCUT2D eigenvalue weighted by atomic mass is 10.3. The summed E-state index contributed by atoms with van der Waals surface area (Å²) >= 11 is 0. The summed E-state index contributed by atoms with van der Waals surface area (Å²) in [6, 6.07) is 2.51. The second-order valence-corrected chi connectivity index (χ2v) is 4.91. The number of halogens is 1. The first-order valence-corrected chi connectivity index (χ1v) is 5.88. The maximum atomic E-state index is 12.8. The van der Waals surface area contributed by atoms with Crippen molar-refractivity contribution in [2.24, 2.45) is 0 Å². The van der Waals surface area contributed by atoms with Gasteiger partial charge in [0.2, 0.25) is 10.0 Å². The largest absolute Gasteiger partial charge is 0.396 e. The molecule has 0 spiro atoms. The predicted octanol–water partition coefficient (Wildman–Crippen LogP) is 0.708. The minimum absolute atomic E-state index is 0.117. The van der Waals surface area contributed by atoms with E-state index < -0.39 is 21.9 Å². The highest BCUT2D eigenvalue weighted by atomic mass is 32.2. The molecule has 86 valence electrons. The van der Waals surface area contributed by atoms with Crippen LogP contribution in [0.25, 0.3) is 0 Å². The molecule has 6 heteroatoms. The van der Waals surface area contributed by atoms with Crippen LogP contribution in [0.3, 0.4) is 0 Å². The SMILES string of the molecule is C#CC(C)NS(=O)(=O)c1ccc(F)c(N)c1. The molecular formula is C10H11FN2O2S. The summed E-state index contributed by atoms with van der Waals surface area (Å²) in [5, 5.41) is 0. The van der Waals surface area contributed by atoms with Crippen molar-refractivity contribution in [1.82, 2.24) is 4.72 Å². The molecule has 4 nitrogen and oxygen atoms in total. The van der Waals surface area contributed by atoms with E-state index in [4.69, 9.17) is 12.2 Å². The molecule has 0 aromatic heterocycles. The minimum Gasteiger partial charge on any atom is -0.396 e. The number of hydrogen-bond acceptors (Lipinski definition) is 3. The quantitative estimate of drug-likeness (QED) is 0.605. The molecule has 0 heterocycles. The Bertz CT molecular complexity index is 534. The van der Waals surface area contributed by atoms with Crippen molar-refractivity contribution in [3.8, 4) is 12.3 Å². The smallest absolute Gasteiger partial charge is 0.241 e. The third-order valence-corrected chi connectivity index (χ3v) is 3.40. The number of terminal acetylenes is 1. The Balaban J connectivity index is 3.09. The molecule has 1 unspecified atom stereocenters. The van der Waals surface area contributed by atoms with E-state index >= 15 is 0 Å². The van der Waals surface area contributed by atoms with Crippen LogP contribution in [0.4, 0.5) is 10.1 Å². The molecule has 0 saturated heterocycles. The Morgan fingerprint density at radius 3 is 2.69 bits per heavy atom. The van der Waals surface area contributed by atoms with Crippen LogP contribution in [0.1, 0.15) is 6.92 Å². The summed E-state index contributed by atoms with van der Waals surface area (Å²) in [6.45, 7) is 1.52. The average Bonchev–Trinajstić information content (AvgIpc) is 2.21. The van der Waals surface area contributed by atoms with E-state index in [9.17, 15) is 12.8 Å². The summed E-state index contributed by atoms with van der Waals surface area (Å²) < 4.78 is 38.4. The topological polar surface area (TPSA) is 72.2 Å². The molecule has 0 radical (unpaired) electrons. The average molecular weight is 242 g/mol. The lowest BCUT2D eigenvalue weighted by molar-refractivity contribution is 0.577. The zero-order chi connectivity index (χ0) is 12.3. The molecular weight excluding hydrogens is 231 g/mol. The van der Waals surface area contributed by atoms with Crippen molar-refractivity contribution in [2.75, 3.05) is 5.73 Å². The van der Waals surface area contributed by atoms with Crippen LogP contribution in [0.5, 0.6) is 0 Å². The fourth-order valence-electron chi connectivity index (χ4n) is 1.02. The number of benzene rings is 1. The Labute approximate surface area is 93.7 Å². The van der Waals surface area contributed by atoms with E-state index in [1.165, 1.54) is 6.92 Å². The summed E-state index contributed by atoms with van der Waals surface area (Å²) in [7, 11) is -3.75. The minimum atomic E-state index is -3.75. The highest BCUT2D eigenvalue weighted by Crippen LogP contribution is 2.16. The third kappa shape index (κ3) is 2.72. The molecule has 0 fully saturated rings. The van der Waals surface area contributed by atoms with Gasteiger partial charge in [0.15, 0.2) is 0 Å². The van der Waals surface area contributed by atoms with Crippen LogP contribution in [0.15, 0.2) is 23.1 Å². The van der Waals surface area contributed by atoms with Crippen LogP contribution in [-0.4, -0.2) is 14.5 Å². The van der Waals surface area contributed by atoms with E-state index in [0.717, 1.165) is 18.2 Å². The van der Waals surface area contributed by atoms with Gasteiger partial charge in [-0.15, -0.1) is 6.42 Å². The molecule has 1 rings (SSSR count). The molecule has 0 bridgehead atoms. The maximum Gasteiger partial charge on any atom is 0.241 e. The molecule has 16 heavy (non-hydrogen) atoms. The zero-order valence-corrected chi connectivity index (χ0v) is 9.38. The monoisotopic (exact) mass is 242 g/mol. The second kappa shape index (κ2) is 4.51. The number of rotatable bonds is 3. The standard InChI is InChI=1S/C10H11FN2O2S/c1-3-7(2)13-16(14,15)8-4-5-9(11)10(12)6-8/h1,4-7,13H,12H2,2H3. The van der Waals surface area contributed by atoms with Gasteiger partial charge in [0, 0.05) is 0 Å². The molecule has 0 saturated carbocycles. The van der Waals surface area contributed by atoms with Gasteiger partial charge in [-0.2, -0.15) is 4.72 Å². The Morgan fingerprint density at radius 2 is 2.19 bits per heavy atom. The second-order valence-electron chi connectivity index (χ2n) is 3.19. The highest BCUT2D eigenvalue weighted by molar-refractivity contribution is 7.89. The number of nitrogens with two attached hydrogens (primary N) is 1. The van der Waals surface area contributed by atoms with Crippen molar-refractivity contribution in [1.29, 1.82) is 0 Å². The number of anilines is 1. The summed E-state index contributed by atoms with van der Waals surface area (Å²) in [6.07, 6.45) is 5.05. The van der Waals surface area contributed by atoms with Gasteiger partial charge in [-0.25, -0.2) is 12.8 Å². The van der Waals surface area contributed by atoms with E-state index in [2.05, 4.69) is 10.6 Å². The fourth-order valence-corrected chi connectivity index (χ4v) is 2.22. The zero-order valence-electron chi connectivity index (χ0n) is 8.57. The van der Waals surface area contributed by atoms with Crippen LogP contribution in [0.2, 0.25) is 0 Å². The third-order valence-electron chi connectivity index (χ3n) is 1.86. The van der Waals surface area contributed by atoms with Gasteiger partial charge in [0.1, 0.15) is 5.82 Å². The first-order chi connectivity index (χ1) is 7.36. The van der Waals surface area contributed by atoms with Gasteiger partial charge in [0.05, 0.1) is 16.6 Å².